The van der Waals surface area contributed by atoms with Crippen LogP contribution in [-0.4, -0.2) is 16.1 Å². The average Bonchev–Trinajstić information content (AvgIpc) is 2.16. The third-order valence-corrected chi connectivity index (χ3v) is 2.22. The summed E-state index contributed by atoms with van der Waals surface area (Å²) in [6.45, 7) is 0. The molecular formula is C10H8FNO2. The lowest BCUT2D eigenvalue weighted by Gasteiger charge is -2.12. The molecule has 72 valence electrons. The molecule has 0 bridgehead atoms. The van der Waals surface area contributed by atoms with Crippen LogP contribution in [-0.2, 0) is 6.42 Å². The molecule has 0 aliphatic heterocycles. The number of carbonyl (C=O) groups is 1. The number of aromatic nitrogens is 1. The van der Waals surface area contributed by atoms with Gasteiger partial charge in [-0.2, -0.15) is 0 Å². The molecule has 3 nitrogen and oxygen atoms in total. The number of allylic oxidation sites excluding steroid dienone is 1. The van der Waals surface area contributed by atoms with Gasteiger partial charge in [-0.3, -0.25) is 0 Å². The van der Waals surface area contributed by atoms with Crippen molar-refractivity contribution in [2.24, 2.45) is 0 Å². The maximum Gasteiger partial charge on any atom is 0.355 e. The predicted octanol–water partition coefficient (Wildman–Crippen LogP) is 2.04. The highest BCUT2D eigenvalue weighted by Gasteiger charge is 2.17. The van der Waals surface area contributed by atoms with Gasteiger partial charge in [0.05, 0.1) is 0 Å². The molecule has 0 fully saturated rings. The molecule has 0 aromatic carbocycles. The molecule has 4 heteroatoms. The molecule has 1 aromatic rings. The molecule has 0 saturated carbocycles. The highest BCUT2D eigenvalue weighted by Crippen LogP contribution is 2.26. The maximum absolute atomic E-state index is 12.9. The zero-order chi connectivity index (χ0) is 10.1. The minimum atomic E-state index is -1.12. The monoisotopic (exact) mass is 193 g/mol. The van der Waals surface area contributed by atoms with Crippen LogP contribution in [0.2, 0.25) is 0 Å². The SMILES string of the molecule is O=C(O)c1nccc2c1C=C(F)CC2. The average molecular weight is 193 g/mol. The molecule has 0 saturated heterocycles. The molecule has 0 spiro atoms. The Balaban J connectivity index is 2.61. The number of carboxylic acid groups (broad SMARTS) is 1. The zero-order valence-electron chi connectivity index (χ0n) is 7.33. The number of pyridine rings is 1. The Hall–Kier alpha value is -1.71. The van der Waals surface area contributed by atoms with E-state index < -0.39 is 5.97 Å². The summed E-state index contributed by atoms with van der Waals surface area (Å²) in [6.07, 6.45) is 3.59. The van der Waals surface area contributed by atoms with E-state index in [2.05, 4.69) is 4.98 Å². The quantitative estimate of drug-likeness (QED) is 0.742. The number of aryl methyl sites for hydroxylation is 1. The molecule has 0 amide bonds. The van der Waals surface area contributed by atoms with Crippen LogP contribution in [0.1, 0.15) is 28.0 Å². The highest BCUT2D eigenvalue weighted by molar-refractivity contribution is 5.90. The van der Waals surface area contributed by atoms with E-state index in [9.17, 15) is 9.18 Å². The fraction of sp³-hybridized carbons (Fsp3) is 0.200. The van der Waals surface area contributed by atoms with E-state index in [1.54, 1.807) is 6.07 Å². The van der Waals surface area contributed by atoms with Gasteiger partial charge in [0, 0.05) is 18.2 Å². The first-order chi connectivity index (χ1) is 6.68. The van der Waals surface area contributed by atoms with Crippen LogP contribution in [0.15, 0.2) is 18.1 Å². The van der Waals surface area contributed by atoms with Crippen LogP contribution >= 0.6 is 0 Å². The first-order valence-corrected chi connectivity index (χ1v) is 4.25. The maximum atomic E-state index is 12.9. The Labute approximate surface area is 79.9 Å². The fourth-order valence-electron chi connectivity index (χ4n) is 1.55. The molecule has 14 heavy (non-hydrogen) atoms. The number of aromatic carboxylic acids is 1. The van der Waals surface area contributed by atoms with E-state index in [4.69, 9.17) is 5.11 Å². The molecular weight excluding hydrogens is 185 g/mol. The van der Waals surface area contributed by atoms with Gasteiger partial charge in [-0.15, -0.1) is 0 Å². The van der Waals surface area contributed by atoms with Crippen molar-refractivity contribution in [3.63, 3.8) is 0 Å². The lowest BCUT2D eigenvalue weighted by molar-refractivity contribution is 0.0690. The molecule has 1 aliphatic carbocycles. The van der Waals surface area contributed by atoms with E-state index in [1.807, 2.05) is 0 Å². The standard InChI is InChI=1S/C10H8FNO2/c11-7-2-1-6-3-4-12-9(10(13)14)8(6)5-7/h3-5H,1-2H2,(H,13,14). The van der Waals surface area contributed by atoms with Gasteiger partial charge in [-0.05, 0) is 24.1 Å². The third kappa shape index (κ3) is 1.39. The number of carboxylic acids is 1. The van der Waals surface area contributed by atoms with Crippen LogP contribution in [0.5, 0.6) is 0 Å². The first kappa shape index (κ1) is 8.87. The zero-order valence-corrected chi connectivity index (χ0v) is 7.33. The van der Waals surface area contributed by atoms with Gasteiger partial charge in [-0.25, -0.2) is 14.2 Å². The Morgan fingerprint density at radius 1 is 1.50 bits per heavy atom. The van der Waals surface area contributed by atoms with Crippen molar-refractivity contribution < 1.29 is 14.3 Å². The summed E-state index contributed by atoms with van der Waals surface area (Å²) in [6, 6.07) is 1.73. The summed E-state index contributed by atoms with van der Waals surface area (Å²) in [7, 11) is 0. The molecule has 0 atom stereocenters. The lowest BCUT2D eigenvalue weighted by atomic mass is 9.96. The molecule has 0 radical (unpaired) electrons. The van der Waals surface area contributed by atoms with Crippen molar-refractivity contribution in [2.75, 3.05) is 0 Å². The molecule has 1 aromatic heterocycles. The Kier molecular flexibility index (Phi) is 2.04. The minimum Gasteiger partial charge on any atom is -0.476 e. The van der Waals surface area contributed by atoms with E-state index in [0.29, 0.717) is 18.4 Å². The molecule has 2 rings (SSSR count). The fourth-order valence-corrected chi connectivity index (χ4v) is 1.55. The number of hydrogen-bond donors (Lipinski definition) is 1. The van der Waals surface area contributed by atoms with Crippen LogP contribution in [0, 0.1) is 0 Å². The summed E-state index contributed by atoms with van der Waals surface area (Å²) in [5.74, 6) is -1.40. The predicted molar refractivity (Wildman–Crippen MR) is 48.6 cm³/mol. The minimum absolute atomic E-state index is 0.0719. The summed E-state index contributed by atoms with van der Waals surface area (Å²) in [5, 5.41) is 8.81. The van der Waals surface area contributed by atoms with Crippen molar-refractivity contribution in [1.29, 1.82) is 0 Å². The van der Waals surface area contributed by atoms with Gasteiger partial charge >= 0.3 is 5.97 Å². The Morgan fingerprint density at radius 3 is 3.00 bits per heavy atom. The summed E-state index contributed by atoms with van der Waals surface area (Å²) >= 11 is 0. The smallest absolute Gasteiger partial charge is 0.355 e. The molecule has 1 N–H and O–H groups in total. The number of hydrogen-bond acceptors (Lipinski definition) is 2. The summed E-state index contributed by atoms with van der Waals surface area (Å²) in [4.78, 5) is 14.5. The van der Waals surface area contributed by atoms with Crippen molar-refractivity contribution in [1.82, 2.24) is 4.98 Å². The largest absolute Gasteiger partial charge is 0.476 e. The second-order valence-corrected chi connectivity index (χ2v) is 3.13. The van der Waals surface area contributed by atoms with E-state index >= 15 is 0 Å². The van der Waals surface area contributed by atoms with Crippen molar-refractivity contribution in [2.45, 2.75) is 12.8 Å². The summed E-state index contributed by atoms with van der Waals surface area (Å²) in [5.41, 5.74) is 1.18. The molecule has 0 unspecified atom stereocenters. The number of fused-ring (bicyclic) bond motifs is 1. The Morgan fingerprint density at radius 2 is 2.29 bits per heavy atom. The van der Waals surface area contributed by atoms with Crippen molar-refractivity contribution >= 4 is 12.0 Å². The Bertz CT molecular complexity index is 426. The highest BCUT2D eigenvalue weighted by atomic mass is 19.1. The van der Waals surface area contributed by atoms with Gasteiger partial charge in [0.2, 0.25) is 0 Å². The van der Waals surface area contributed by atoms with Crippen molar-refractivity contribution in [3.05, 3.63) is 34.9 Å². The van der Waals surface area contributed by atoms with Crippen LogP contribution < -0.4 is 0 Å². The van der Waals surface area contributed by atoms with Crippen LogP contribution in [0.25, 0.3) is 6.08 Å². The second kappa shape index (κ2) is 3.21. The topological polar surface area (TPSA) is 50.2 Å². The second-order valence-electron chi connectivity index (χ2n) is 3.13. The van der Waals surface area contributed by atoms with Gasteiger partial charge in [0.1, 0.15) is 5.83 Å². The lowest BCUT2D eigenvalue weighted by Crippen LogP contribution is -2.08. The van der Waals surface area contributed by atoms with Gasteiger partial charge < -0.3 is 5.11 Å². The van der Waals surface area contributed by atoms with Gasteiger partial charge in [-0.1, -0.05) is 0 Å². The number of halogens is 1. The first-order valence-electron chi connectivity index (χ1n) is 4.25. The van der Waals surface area contributed by atoms with Crippen LogP contribution in [0.4, 0.5) is 4.39 Å². The van der Waals surface area contributed by atoms with E-state index in [0.717, 1.165) is 5.56 Å². The van der Waals surface area contributed by atoms with Crippen LogP contribution in [0.3, 0.4) is 0 Å². The van der Waals surface area contributed by atoms with E-state index in [1.165, 1.54) is 12.3 Å². The van der Waals surface area contributed by atoms with E-state index in [-0.39, 0.29) is 11.5 Å². The number of rotatable bonds is 1. The normalized spacial score (nSPS) is 14.5. The molecule has 1 heterocycles. The number of nitrogens with zero attached hydrogens (tertiary/aromatic N) is 1. The molecule has 1 aliphatic rings. The van der Waals surface area contributed by atoms with Gasteiger partial charge in [0.15, 0.2) is 5.69 Å². The van der Waals surface area contributed by atoms with Crippen molar-refractivity contribution in [3.8, 4) is 0 Å². The third-order valence-electron chi connectivity index (χ3n) is 2.22. The van der Waals surface area contributed by atoms with Gasteiger partial charge in [0.25, 0.3) is 0 Å². The summed E-state index contributed by atoms with van der Waals surface area (Å²) < 4.78 is 12.9.